The molecule has 0 saturated carbocycles. The van der Waals surface area contributed by atoms with E-state index in [4.69, 9.17) is 16.7 Å². The molecule has 74 valence electrons. The average molecular weight is 197 g/mol. The van der Waals surface area contributed by atoms with E-state index in [0.29, 0.717) is 0 Å². The molecule has 5 heteroatoms. The number of hydrogen-bond donors (Lipinski definition) is 2. The molecule has 1 aromatic rings. The van der Waals surface area contributed by atoms with Gasteiger partial charge < -0.3 is 11.5 Å². The average Bonchev–Trinajstić information content (AvgIpc) is 2.11. The standard InChI is InChI=1S/C9H9F2N3/c10-6-3-5(8(13)1-2-12)9(14)4-7(6)11/h3-4,8H,1,13-14H2/t8-/m1/s1. The van der Waals surface area contributed by atoms with Gasteiger partial charge in [-0.1, -0.05) is 0 Å². The Morgan fingerprint density at radius 2 is 1.93 bits per heavy atom. The lowest BCUT2D eigenvalue weighted by molar-refractivity contribution is 0.506. The number of nitrogens with two attached hydrogens (primary N) is 2. The third-order valence-electron chi connectivity index (χ3n) is 1.84. The minimum Gasteiger partial charge on any atom is -0.398 e. The Hall–Kier alpha value is -1.67. The van der Waals surface area contributed by atoms with Crippen LogP contribution in [0.4, 0.5) is 14.5 Å². The fourth-order valence-corrected chi connectivity index (χ4v) is 1.11. The van der Waals surface area contributed by atoms with Crippen LogP contribution in [0, 0.1) is 23.0 Å². The van der Waals surface area contributed by atoms with Gasteiger partial charge in [0.25, 0.3) is 0 Å². The Bertz CT molecular complexity index is 384. The molecular formula is C9H9F2N3. The Kier molecular flexibility index (Phi) is 2.99. The molecule has 0 aromatic heterocycles. The topological polar surface area (TPSA) is 75.8 Å². The summed E-state index contributed by atoms with van der Waals surface area (Å²) in [6.45, 7) is 0. The summed E-state index contributed by atoms with van der Waals surface area (Å²) in [5.41, 5.74) is 11.3. The molecule has 0 fully saturated rings. The molecule has 0 saturated heterocycles. The van der Waals surface area contributed by atoms with Gasteiger partial charge in [0.1, 0.15) is 0 Å². The van der Waals surface area contributed by atoms with Crippen molar-refractivity contribution in [2.24, 2.45) is 5.73 Å². The van der Waals surface area contributed by atoms with Crippen LogP contribution in [-0.2, 0) is 0 Å². The number of rotatable bonds is 2. The van der Waals surface area contributed by atoms with Crippen LogP contribution < -0.4 is 11.5 Å². The minimum atomic E-state index is -1.02. The molecule has 14 heavy (non-hydrogen) atoms. The number of halogens is 2. The molecule has 1 atom stereocenters. The minimum absolute atomic E-state index is 0.00920. The van der Waals surface area contributed by atoms with Gasteiger partial charge in [-0.3, -0.25) is 0 Å². The van der Waals surface area contributed by atoms with Gasteiger partial charge in [0, 0.05) is 17.8 Å². The summed E-state index contributed by atoms with van der Waals surface area (Å²) in [7, 11) is 0. The first-order valence-corrected chi connectivity index (χ1v) is 3.93. The quantitative estimate of drug-likeness (QED) is 0.704. The summed E-state index contributed by atoms with van der Waals surface area (Å²) in [5.74, 6) is -2.03. The largest absolute Gasteiger partial charge is 0.398 e. The Morgan fingerprint density at radius 3 is 2.50 bits per heavy atom. The van der Waals surface area contributed by atoms with Crippen molar-refractivity contribution in [3.63, 3.8) is 0 Å². The van der Waals surface area contributed by atoms with Crippen LogP contribution in [0.1, 0.15) is 18.0 Å². The zero-order valence-corrected chi connectivity index (χ0v) is 7.30. The normalized spacial score (nSPS) is 12.1. The van der Waals surface area contributed by atoms with Crippen LogP contribution in [0.15, 0.2) is 12.1 Å². The van der Waals surface area contributed by atoms with Crippen LogP contribution in [-0.4, -0.2) is 0 Å². The van der Waals surface area contributed by atoms with Gasteiger partial charge in [0.2, 0.25) is 0 Å². The summed E-state index contributed by atoms with van der Waals surface area (Å²) in [5, 5.41) is 8.37. The smallest absolute Gasteiger partial charge is 0.160 e. The summed E-state index contributed by atoms with van der Waals surface area (Å²) >= 11 is 0. The molecule has 0 aliphatic rings. The lowest BCUT2D eigenvalue weighted by Crippen LogP contribution is -2.12. The van der Waals surface area contributed by atoms with E-state index < -0.39 is 17.7 Å². The Morgan fingerprint density at radius 1 is 1.36 bits per heavy atom. The third kappa shape index (κ3) is 1.98. The van der Waals surface area contributed by atoms with Gasteiger partial charge in [-0.15, -0.1) is 0 Å². The summed E-state index contributed by atoms with van der Waals surface area (Å²) in [4.78, 5) is 0. The van der Waals surface area contributed by atoms with Crippen molar-refractivity contribution >= 4 is 5.69 Å². The van der Waals surface area contributed by atoms with Gasteiger partial charge in [-0.25, -0.2) is 8.78 Å². The zero-order chi connectivity index (χ0) is 10.7. The van der Waals surface area contributed by atoms with Crippen molar-refractivity contribution in [1.82, 2.24) is 0 Å². The van der Waals surface area contributed by atoms with Gasteiger partial charge in [-0.05, 0) is 11.6 Å². The van der Waals surface area contributed by atoms with Crippen LogP contribution >= 0.6 is 0 Å². The Balaban J connectivity index is 3.10. The van der Waals surface area contributed by atoms with E-state index in [1.54, 1.807) is 0 Å². The number of anilines is 1. The molecule has 4 N–H and O–H groups in total. The third-order valence-corrected chi connectivity index (χ3v) is 1.84. The van der Waals surface area contributed by atoms with E-state index in [2.05, 4.69) is 0 Å². The molecule has 1 rings (SSSR count). The van der Waals surface area contributed by atoms with Crippen molar-refractivity contribution in [3.05, 3.63) is 29.3 Å². The molecular weight excluding hydrogens is 188 g/mol. The predicted molar refractivity (Wildman–Crippen MR) is 47.9 cm³/mol. The first-order chi connectivity index (χ1) is 6.56. The lowest BCUT2D eigenvalue weighted by atomic mass is 10.0. The fraction of sp³-hybridized carbons (Fsp3) is 0.222. The molecule has 0 spiro atoms. The van der Waals surface area contributed by atoms with Crippen molar-refractivity contribution in [2.75, 3.05) is 5.73 Å². The van der Waals surface area contributed by atoms with Gasteiger partial charge in [0.15, 0.2) is 11.6 Å². The molecule has 0 unspecified atom stereocenters. The van der Waals surface area contributed by atoms with Crippen molar-refractivity contribution < 1.29 is 8.78 Å². The second kappa shape index (κ2) is 4.03. The lowest BCUT2D eigenvalue weighted by Gasteiger charge is -2.11. The number of benzene rings is 1. The number of nitriles is 1. The highest BCUT2D eigenvalue weighted by Crippen LogP contribution is 2.23. The van der Waals surface area contributed by atoms with Gasteiger partial charge in [-0.2, -0.15) is 5.26 Å². The highest BCUT2D eigenvalue weighted by atomic mass is 19.2. The van der Waals surface area contributed by atoms with Crippen LogP contribution in [0.2, 0.25) is 0 Å². The summed E-state index contributed by atoms with van der Waals surface area (Å²) in [6.07, 6.45) is 0.00920. The van der Waals surface area contributed by atoms with Crippen molar-refractivity contribution in [3.8, 4) is 6.07 Å². The molecule has 0 amide bonds. The van der Waals surface area contributed by atoms with Crippen molar-refractivity contribution in [1.29, 1.82) is 5.26 Å². The van der Waals surface area contributed by atoms with Gasteiger partial charge >= 0.3 is 0 Å². The maximum Gasteiger partial charge on any atom is 0.160 e. The molecule has 0 bridgehead atoms. The van der Waals surface area contributed by atoms with E-state index in [9.17, 15) is 8.78 Å². The van der Waals surface area contributed by atoms with E-state index >= 15 is 0 Å². The number of nitrogens with zero attached hydrogens (tertiary/aromatic N) is 1. The molecule has 0 heterocycles. The van der Waals surface area contributed by atoms with E-state index in [0.717, 1.165) is 12.1 Å². The van der Waals surface area contributed by atoms with Gasteiger partial charge in [0.05, 0.1) is 12.5 Å². The first-order valence-electron chi connectivity index (χ1n) is 3.93. The first kappa shape index (κ1) is 10.4. The maximum atomic E-state index is 12.8. The zero-order valence-electron chi connectivity index (χ0n) is 7.30. The van der Waals surface area contributed by atoms with E-state index in [-0.39, 0.29) is 17.7 Å². The fourth-order valence-electron chi connectivity index (χ4n) is 1.11. The second-order valence-electron chi connectivity index (χ2n) is 2.86. The summed E-state index contributed by atoms with van der Waals surface area (Å²) in [6, 6.07) is 2.93. The molecule has 0 radical (unpaired) electrons. The highest BCUT2D eigenvalue weighted by molar-refractivity contribution is 5.49. The summed E-state index contributed by atoms with van der Waals surface area (Å²) < 4.78 is 25.4. The van der Waals surface area contributed by atoms with E-state index in [1.807, 2.05) is 6.07 Å². The van der Waals surface area contributed by atoms with E-state index in [1.165, 1.54) is 0 Å². The molecule has 3 nitrogen and oxygen atoms in total. The van der Waals surface area contributed by atoms with Crippen LogP contribution in [0.5, 0.6) is 0 Å². The monoisotopic (exact) mass is 197 g/mol. The predicted octanol–water partition coefficient (Wildman–Crippen LogP) is 1.46. The SMILES string of the molecule is N#CC[C@@H](N)c1cc(F)c(F)cc1N. The maximum absolute atomic E-state index is 12.8. The highest BCUT2D eigenvalue weighted by Gasteiger charge is 2.13. The van der Waals surface area contributed by atoms with Crippen LogP contribution in [0.3, 0.4) is 0 Å². The number of hydrogen-bond acceptors (Lipinski definition) is 3. The second-order valence-corrected chi connectivity index (χ2v) is 2.86. The molecule has 1 aromatic carbocycles. The number of nitrogen functional groups attached to an aromatic ring is 1. The van der Waals surface area contributed by atoms with Crippen molar-refractivity contribution in [2.45, 2.75) is 12.5 Å². The molecule has 0 aliphatic heterocycles. The van der Waals surface area contributed by atoms with Crippen LogP contribution in [0.25, 0.3) is 0 Å². The molecule has 0 aliphatic carbocycles. The Labute approximate surface area is 79.9 Å².